The van der Waals surface area contributed by atoms with E-state index in [-0.39, 0.29) is 0 Å². The minimum Gasteiger partial charge on any atom is -0.0887 e. The van der Waals surface area contributed by atoms with E-state index in [1.165, 1.54) is 12.0 Å². The van der Waals surface area contributed by atoms with Gasteiger partial charge in [-0.1, -0.05) is 74.0 Å². The molecule has 0 aromatic carbocycles. The summed E-state index contributed by atoms with van der Waals surface area (Å²) in [5, 5.41) is 0. The number of hydrogen-bond donors (Lipinski definition) is 0. The van der Waals surface area contributed by atoms with Crippen molar-refractivity contribution in [1.29, 1.82) is 0 Å². The average Bonchev–Trinajstić information content (AvgIpc) is 2.38. The standard InChI is InChI=1S/C6H12.4C2H6/c1-4-6(3)5-2;4*1-2/h4H,5H2,1-3H3;4*1-2H3/b6-4+;;;;. The Morgan fingerprint density at radius 2 is 1.00 bits per heavy atom. The summed E-state index contributed by atoms with van der Waals surface area (Å²) in [5.74, 6) is 0. The molecule has 0 aromatic rings. The fourth-order valence-electron chi connectivity index (χ4n) is 0.204. The first kappa shape index (κ1) is 29.2. The summed E-state index contributed by atoms with van der Waals surface area (Å²) < 4.78 is 0. The van der Waals surface area contributed by atoms with Crippen molar-refractivity contribution in [2.75, 3.05) is 0 Å². The van der Waals surface area contributed by atoms with Crippen LogP contribution in [0.25, 0.3) is 0 Å². The van der Waals surface area contributed by atoms with Gasteiger partial charge >= 0.3 is 0 Å². The molecule has 0 fully saturated rings. The van der Waals surface area contributed by atoms with Crippen molar-refractivity contribution in [3.63, 3.8) is 0 Å². The van der Waals surface area contributed by atoms with Gasteiger partial charge in [-0.15, -0.1) is 0 Å². The zero-order chi connectivity index (χ0) is 13.0. The SMILES string of the molecule is C/C=C(\C)CC.CC.CC.CC.CC. The molecule has 0 N–H and O–H groups in total. The molecule has 0 saturated heterocycles. The highest BCUT2D eigenvalue weighted by molar-refractivity contribution is 4.93. The minimum absolute atomic E-state index is 1.19. The largest absolute Gasteiger partial charge is 0.0887 e. The lowest BCUT2D eigenvalue weighted by molar-refractivity contribution is 1.09. The Morgan fingerprint density at radius 1 is 0.786 bits per heavy atom. The van der Waals surface area contributed by atoms with Crippen molar-refractivity contribution in [2.24, 2.45) is 0 Å². The van der Waals surface area contributed by atoms with Crippen LogP contribution in [0, 0.1) is 0 Å². The molecular weight excluding hydrogens is 168 g/mol. The third kappa shape index (κ3) is 96.8. The fourth-order valence-corrected chi connectivity index (χ4v) is 0.204. The highest BCUT2D eigenvalue weighted by Gasteiger charge is 1.73. The summed E-state index contributed by atoms with van der Waals surface area (Å²) in [6.45, 7) is 22.4. The highest BCUT2D eigenvalue weighted by Crippen LogP contribution is 1.94. The highest BCUT2D eigenvalue weighted by atomic mass is 13.8. The average molecular weight is 204 g/mol. The van der Waals surface area contributed by atoms with Crippen molar-refractivity contribution in [3.8, 4) is 0 Å². The number of rotatable bonds is 1. The fraction of sp³-hybridized carbons (Fsp3) is 0.857. The molecule has 0 aliphatic heterocycles. The first-order chi connectivity index (χ1) is 6.81. The van der Waals surface area contributed by atoms with Crippen LogP contribution in [0.1, 0.15) is 82.6 Å². The topological polar surface area (TPSA) is 0 Å². The normalized spacial score (nSPS) is 6.93. The van der Waals surface area contributed by atoms with Gasteiger partial charge in [0.2, 0.25) is 0 Å². The van der Waals surface area contributed by atoms with Gasteiger partial charge in [-0.25, -0.2) is 0 Å². The van der Waals surface area contributed by atoms with Gasteiger partial charge in [-0.05, 0) is 20.3 Å². The molecule has 0 aromatic heterocycles. The predicted octanol–water partition coefficient (Wildman–Crippen LogP) is 6.47. The van der Waals surface area contributed by atoms with Gasteiger partial charge in [0.1, 0.15) is 0 Å². The molecule has 0 spiro atoms. The van der Waals surface area contributed by atoms with E-state index >= 15 is 0 Å². The van der Waals surface area contributed by atoms with Crippen molar-refractivity contribution >= 4 is 0 Å². The molecule has 0 bridgehead atoms. The van der Waals surface area contributed by atoms with Gasteiger partial charge in [0, 0.05) is 0 Å². The Kier molecular flexibility index (Phi) is 163. The molecule has 0 unspecified atom stereocenters. The van der Waals surface area contributed by atoms with E-state index in [2.05, 4.69) is 26.8 Å². The van der Waals surface area contributed by atoms with Crippen molar-refractivity contribution < 1.29 is 0 Å². The van der Waals surface area contributed by atoms with Crippen LogP contribution >= 0.6 is 0 Å². The Balaban J connectivity index is -0.0000000287. The van der Waals surface area contributed by atoms with Crippen LogP contribution in [-0.2, 0) is 0 Å². The summed E-state index contributed by atoms with van der Waals surface area (Å²) in [5.41, 5.74) is 1.47. The van der Waals surface area contributed by atoms with Gasteiger partial charge in [-0.2, -0.15) is 0 Å². The Morgan fingerprint density at radius 3 is 1.00 bits per heavy atom. The monoisotopic (exact) mass is 204 g/mol. The van der Waals surface area contributed by atoms with Crippen LogP contribution < -0.4 is 0 Å². The van der Waals surface area contributed by atoms with Crippen LogP contribution in [0.3, 0.4) is 0 Å². The lowest BCUT2D eigenvalue weighted by Gasteiger charge is -1.85. The molecule has 0 nitrogen and oxygen atoms in total. The Labute approximate surface area is 94.8 Å². The Hall–Kier alpha value is -0.260. The quantitative estimate of drug-likeness (QED) is 0.429. The lowest BCUT2D eigenvalue weighted by atomic mass is 10.2. The van der Waals surface area contributed by atoms with Gasteiger partial charge < -0.3 is 0 Å². The van der Waals surface area contributed by atoms with Crippen LogP contribution in [0.5, 0.6) is 0 Å². The second kappa shape index (κ2) is 78.2. The van der Waals surface area contributed by atoms with E-state index in [0.717, 1.165) is 0 Å². The van der Waals surface area contributed by atoms with E-state index in [1.54, 1.807) is 0 Å². The summed E-state index contributed by atoms with van der Waals surface area (Å²) in [4.78, 5) is 0. The molecular formula is C14H36. The molecule has 92 valence electrons. The molecule has 0 radical (unpaired) electrons. The first-order valence-corrected chi connectivity index (χ1v) is 6.43. The smallest absolute Gasteiger partial charge is 0.0352 e. The second-order valence-electron chi connectivity index (χ2n) is 1.49. The molecule has 0 heteroatoms. The zero-order valence-electron chi connectivity index (χ0n) is 12.8. The zero-order valence-corrected chi connectivity index (χ0v) is 12.8. The van der Waals surface area contributed by atoms with Crippen molar-refractivity contribution in [2.45, 2.75) is 82.6 Å². The third-order valence-corrected chi connectivity index (χ3v) is 1.05. The summed E-state index contributed by atoms with van der Waals surface area (Å²) >= 11 is 0. The van der Waals surface area contributed by atoms with Crippen LogP contribution in [-0.4, -0.2) is 0 Å². The van der Waals surface area contributed by atoms with Crippen LogP contribution in [0.4, 0.5) is 0 Å². The lowest BCUT2D eigenvalue weighted by Crippen LogP contribution is -1.63. The number of hydrogen-bond acceptors (Lipinski definition) is 0. The summed E-state index contributed by atoms with van der Waals surface area (Å²) in [6, 6.07) is 0. The Bertz CT molecular complexity index is 51.1. The van der Waals surface area contributed by atoms with Gasteiger partial charge in [-0.3, -0.25) is 0 Å². The van der Waals surface area contributed by atoms with Crippen molar-refractivity contribution in [3.05, 3.63) is 11.6 Å². The summed E-state index contributed by atoms with van der Waals surface area (Å²) in [7, 11) is 0. The molecule has 0 heterocycles. The second-order valence-corrected chi connectivity index (χ2v) is 1.49. The first-order valence-electron chi connectivity index (χ1n) is 6.43. The van der Waals surface area contributed by atoms with Gasteiger partial charge in [0.25, 0.3) is 0 Å². The molecule has 0 saturated carbocycles. The molecule has 0 rings (SSSR count). The predicted molar refractivity (Wildman–Crippen MR) is 75.1 cm³/mol. The van der Waals surface area contributed by atoms with Crippen LogP contribution in [0.15, 0.2) is 11.6 Å². The van der Waals surface area contributed by atoms with Gasteiger partial charge in [0.15, 0.2) is 0 Å². The molecule has 14 heavy (non-hydrogen) atoms. The van der Waals surface area contributed by atoms with Gasteiger partial charge in [0.05, 0.1) is 0 Å². The third-order valence-electron chi connectivity index (χ3n) is 1.05. The number of allylic oxidation sites excluding steroid dienone is 2. The molecule has 0 aliphatic carbocycles. The summed E-state index contributed by atoms with van der Waals surface area (Å²) in [6.07, 6.45) is 3.33. The molecule has 0 atom stereocenters. The van der Waals surface area contributed by atoms with E-state index < -0.39 is 0 Å². The van der Waals surface area contributed by atoms with E-state index in [9.17, 15) is 0 Å². The van der Waals surface area contributed by atoms with Crippen LogP contribution in [0.2, 0.25) is 0 Å². The van der Waals surface area contributed by atoms with E-state index in [1.807, 2.05) is 55.4 Å². The van der Waals surface area contributed by atoms with Crippen molar-refractivity contribution in [1.82, 2.24) is 0 Å². The molecule has 0 amide bonds. The maximum Gasteiger partial charge on any atom is -0.0352 e. The van der Waals surface area contributed by atoms with E-state index in [4.69, 9.17) is 0 Å². The maximum atomic E-state index is 2.16. The minimum atomic E-state index is 1.19. The molecule has 0 aliphatic rings. The maximum absolute atomic E-state index is 2.16. The van der Waals surface area contributed by atoms with E-state index in [0.29, 0.717) is 0 Å².